The highest BCUT2D eigenvalue weighted by Gasteiger charge is 2.12. The number of benzene rings is 1. The normalized spacial score (nSPS) is 12.1. The molecule has 0 unspecified atom stereocenters. The maximum atomic E-state index is 3.78. The zero-order chi connectivity index (χ0) is 12.7. The molecule has 17 heavy (non-hydrogen) atoms. The molecule has 0 N–H and O–H groups in total. The lowest BCUT2D eigenvalue weighted by Crippen LogP contribution is -2.29. The van der Waals surface area contributed by atoms with Crippen LogP contribution in [0.1, 0.15) is 20.8 Å². The van der Waals surface area contributed by atoms with E-state index >= 15 is 0 Å². The Morgan fingerprint density at radius 1 is 1.24 bits per heavy atom. The largest absolute Gasteiger partial charge is 0.339 e. The van der Waals surface area contributed by atoms with Gasteiger partial charge in [0.25, 0.3) is 0 Å². The highest BCUT2D eigenvalue weighted by molar-refractivity contribution is 5.55. The Morgan fingerprint density at radius 3 is 2.35 bits per heavy atom. The SMILES string of the molecule is C=C/C=C(\C=C/C)N(c1ccccc1)C(C)C. The third kappa shape index (κ3) is 3.63. The summed E-state index contributed by atoms with van der Waals surface area (Å²) in [7, 11) is 0. The summed E-state index contributed by atoms with van der Waals surface area (Å²) in [4.78, 5) is 2.29. The van der Waals surface area contributed by atoms with Gasteiger partial charge in [-0.3, -0.25) is 0 Å². The Morgan fingerprint density at radius 2 is 1.88 bits per heavy atom. The van der Waals surface area contributed by atoms with Crippen LogP contribution in [-0.4, -0.2) is 6.04 Å². The fourth-order valence-corrected chi connectivity index (χ4v) is 1.84. The molecule has 0 saturated carbocycles. The van der Waals surface area contributed by atoms with Crippen LogP contribution in [0.4, 0.5) is 5.69 Å². The van der Waals surface area contributed by atoms with Gasteiger partial charge in [-0.05, 0) is 45.1 Å². The number of nitrogens with zero attached hydrogens (tertiary/aromatic N) is 1. The molecule has 0 saturated heterocycles. The molecule has 0 aromatic heterocycles. The van der Waals surface area contributed by atoms with Crippen LogP contribution < -0.4 is 4.90 Å². The van der Waals surface area contributed by atoms with Crippen molar-refractivity contribution in [1.29, 1.82) is 0 Å². The van der Waals surface area contributed by atoms with Crippen molar-refractivity contribution in [3.63, 3.8) is 0 Å². The van der Waals surface area contributed by atoms with Crippen LogP contribution in [0.3, 0.4) is 0 Å². The first kappa shape index (κ1) is 13.3. The van der Waals surface area contributed by atoms with E-state index in [1.807, 2.05) is 31.2 Å². The van der Waals surface area contributed by atoms with Gasteiger partial charge < -0.3 is 4.90 Å². The molecule has 0 radical (unpaired) electrons. The summed E-state index contributed by atoms with van der Waals surface area (Å²) in [5, 5.41) is 0. The molecule has 1 nitrogen and oxygen atoms in total. The van der Waals surface area contributed by atoms with Crippen molar-refractivity contribution in [1.82, 2.24) is 0 Å². The van der Waals surface area contributed by atoms with Crippen LogP contribution in [0.5, 0.6) is 0 Å². The Balaban J connectivity index is 3.16. The second kappa shape index (κ2) is 6.74. The smallest absolute Gasteiger partial charge is 0.0413 e. The van der Waals surface area contributed by atoms with Crippen molar-refractivity contribution in [3.05, 3.63) is 66.9 Å². The zero-order valence-corrected chi connectivity index (χ0v) is 10.9. The zero-order valence-electron chi connectivity index (χ0n) is 10.9. The molecule has 1 aromatic carbocycles. The van der Waals surface area contributed by atoms with Gasteiger partial charge in [-0.1, -0.05) is 36.9 Å². The van der Waals surface area contributed by atoms with Gasteiger partial charge in [-0.15, -0.1) is 0 Å². The maximum absolute atomic E-state index is 3.78. The van der Waals surface area contributed by atoms with Crippen LogP contribution in [0.25, 0.3) is 0 Å². The summed E-state index contributed by atoms with van der Waals surface area (Å²) in [6.45, 7) is 10.2. The van der Waals surface area contributed by atoms with Gasteiger partial charge in [0, 0.05) is 17.4 Å². The van der Waals surface area contributed by atoms with Gasteiger partial charge >= 0.3 is 0 Å². The molecule has 0 atom stereocenters. The van der Waals surface area contributed by atoms with Crippen LogP contribution in [0.2, 0.25) is 0 Å². The number of para-hydroxylation sites is 1. The molecule has 0 aliphatic heterocycles. The van der Waals surface area contributed by atoms with Crippen molar-refractivity contribution < 1.29 is 0 Å². The monoisotopic (exact) mass is 227 g/mol. The van der Waals surface area contributed by atoms with E-state index < -0.39 is 0 Å². The maximum Gasteiger partial charge on any atom is 0.0413 e. The van der Waals surface area contributed by atoms with Crippen LogP contribution in [0, 0.1) is 0 Å². The minimum Gasteiger partial charge on any atom is -0.339 e. The van der Waals surface area contributed by atoms with Crippen LogP contribution >= 0.6 is 0 Å². The van der Waals surface area contributed by atoms with Gasteiger partial charge in [0.15, 0.2) is 0 Å². The van der Waals surface area contributed by atoms with Crippen molar-refractivity contribution in [2.75, 3.05) is 4.90 Å². The molecule has 0 spiro atoms. The van der Waals surface area contributed by atoms with E-state index in [1.54, 1.807) is 0 Å². The Hall–Kier alpha value is -1.76. The van der Waals surface area contributed by atoms with Crippen molar-refractivity contribution in [2.45, 2.75) is 26.8 Å². The summed E-state index contributed by atoms with van der Waals surface area (Å²) in [5.74, 6) is 0. The lowest BCUT2D eigenvalue weighted by atomic mass is 10.2. The third-order valence-corrected chi connectivity index (χ3v) is 2.45. The first-order valence-electron chi connectivity index (χ1n) is 6.00. The lowest BCUT2D eigenvalue weighted by Gasteiger charge is -2.30. The van der Waals surface area contributed by atoms with Gasteiger partial charge in [0.1, 0.15) is 0 Å². The average Bonchev–Trinajstić information content (AvgIpc) is 2.31. The van der Waals surface area contributed by atoms with Gasteiger partial charge in [-0.25, -0.2) is 0 Å². The second-order valence-corrected chi connectivity index (χ2v) is 4.13. The van der Waals surface area contributed by atoms with Gasteiger partial charge in [-0.2, -0.15) is 0 Å². The molecule has 1 heteroatoms. The van der Waals surface area contributed by atoms with E-state index in [4.69, 9.17) is 0 Å². The van der Waals surface area contributed by atoms with Gasteiger partial charge in [0.05, 0.1) is 0 Å². The highest BCUT2D eigenvalue weighted by atomic mass is 15.2. The van der Waals surface area contributed by atoms with E-state index in [0.717, 1.165) is 5.70 Å². The minimum absolute atomic E-state index is 0.403. The van der Waals surface area contributed by atoms with Crippen LogP contribution in [-0.2, 0) is 0 Å². The Kier molecular flexibility index (Phi) is 5.28. The van der Waals surface area contributed by atoms with E-state index in [-0.39, 0.29) is 0 Å². The molecule has 0 amide bonds. The Labute approximate surface area is 105 Å². The van der Waals surface area contributed by atoms with E-state index in [2.05, 4.69) is 55.7 Å². The number of hydrogen-bond acceptors (Lipinski definition) is 1. The molecular formula is C16H21N. The van der Waals surface area contributed by atoms with Crippen LogP contribution in [0.15, 0.2) is 66.9 Å². The topological polar surface area (TPSA) is 3.24 Å². The predicted octanol–water partition coefficient (Wildman–Crippen LogP) is 4.55. The van der Waals surface area contributed by atoms with Crippen molar-refractivity contribution in [3.8, 4) is 0 Å². The molecule has 0 heterocycles. The number of rotatable bonds is 5. The quantitative estimate of drug-likeness (QED) is 0.667. The molecule has 1 aromatic rings. The second-order valence-electron chi connectivity index (χ2n) is 4.13. The standard InChI is InChI=1S/C16H21N/c1-5-10-15(11-6-2)17(14(3)4)16-12-8-7-9-13-16/h5-14H,1H2,2-4H3/b11-6-,15-10+. The number of allylic oxidation sites excluding steroid dienone is 4. The predicted molar refractivity (Wildman–Crippen MR) is 77.2 cm³/mol. The Bertz CT molecular complexity index is 399. The summed E-state index contributed by atoms with van der Waals surface area (Å²) >= 11 is 0. The first-order chi connectivity index (χ1) is 8.20. The lowest BCUT2D eigenvalue weighted by molar-refractivity contribution is 0.764. The summed E-state index contributed by atoms with van der Waals surface area (Å²) in [5.41, 5.74) is 2.36. The highest BCUT2D eigenvalue weighted by Crippen LogP contribution is 2.22. The molecular weight excluding hydrogens is 206 g/mol. The van der Waals surface area contributed by atoms with Gasteiger partial charge in [0.2, 0.25) is 0 Å². The van der Waals surface area contributed by atoms with Crippen molar-refractivity contribution >= 4 is 5.69 Å². The van der Waals surface area contributed by atoms with E-state index in [0.29, 0.717) is 6.04 Å². The molecule has 0 fully saturated rings. The number of anilines is 1. The summed E-state index contributed by atoms with van der Waals surface area (Å²) < 4.78 is 0. The molecule has 90 valence electrons. The summed E-state index contributed by atoms with van der Waals surface area (Å²) in [6.07, 6.45) is 8.02. The molecule has 1 rings (SSSR count). The van der Waals surface area contributed by atoms with E-state index in [9.17, 15) is 0 Å². The molecule has 0 aliphatic rings. The van der Waals surface area contributed by atoms with E-state index in [1.165, 1.54) is 5.69 Å². The fraction of sp³-hybridized carbons (Fsp3) is 0.250. The van der Waals surface area contributed by atoms with Crippen molar-refractivity contribution in [2.24, 2.45) is 0 Å². The summed E-state index contributed by atoms with van der Waals surface area (Å²) in [6, 6.07) is 10.8. The minimum atomic E-state index is 0.403. The third-order valence-electron chi connectivity index (χ3n) is 2.45. The average molecular weight is 227 g/mol. The first-order valence-corrected chi connectivity index (χ1v) is 6.00. The molecule has 0 aliphatic carbocycles. The fourth-order valence-electron chi connectivity index (χ4n) is 1.84. The molecule has 0 bridgehead atoms. The number of hydrogen-bond donors (Lipinski definition) is 0.